The van der Waals surface area contributed by atoms with Crippen LogP contribution in [0.4, 0.5) is 49.1 Å². The Hall–Kier alpha value is -8.26. The Morgan fingerprint density at radius 2 is 0.710 bits per heavy atom. The normalized spacial score (nSPS) is 11.8. The lowest BCUT2D eigenvalue weighted by molar-refractivity contribution is -0.288. The Morgan fingerprint density at radius 1 is 0.362 bits per heavy atom. The van der Waals surface area contributed by atoms with E-state index in [-0.39, 0.29) is 23.7 Å². The quantitative estimate of drug-likeness (QED) is 0.0661. The van der Waals surface area contributed by atoms with Crippen LogP contribution in [0.2, 0.25) is 0 Å². The van der Waals surface area contributed by atoms with Gasteiger partial charge in [-0.3, -0.25) is 0 Å². The molecule has 0 spiro atoms. The highest BCUT2D eigenvalue weighted by molar-refractivity contribution is 5.66. The number of aryl methyl sites for hydroxylation is 3. The Bertz CT molecular complexity index is 3110. The maximum atomic E-state index is 15.1. The van der Waals surface area contributed by atoms with Crippen LogP contribution in [0.3, 0.4) is 0 Å². The number of nitrogens with two attached hydrogens (primary N) is 4. The van der Waals surface area contributed by atoms with Crippen LogP contribution in [0.5, 0.6) is 46.0 Å². The van der Waals surface area contributed by atoms with Gasteiger partial charge in [-0.1, -0.05) is 48.5 Å². The van der Waals surface area contributed by atoms with Gasteiger partial charge >= 0.3 is 12.4 Å². The summed E-state index contributed by atoms with van der Waals surface area (Å²) < 4.78 is 115. The summed E-state index contributed by atoms with van der Waals surface area (Å²) in [5.74, 6) is 3.04. The highest BCUT2D eigenvalue weighted by Crippen LogP contribution is 2.56. The van der Waals surface area contributed by atoms with Gasteiger partial charge < -0.3 is 41.9 Å². The van der Waals surface area contributed by atoms with Gasteiger partial charge in [0.2, 0.25) is 5.41 Å². The van der Waals surface area contributed by atoms with Gasteiger partial charge in [-0.05, 0) is 175 Å². The molecule has 14 heteroatoms. The molecule has 0 atom stereocenters. The van der Waals surface area contributed by atoms with Crippen LogP contribution in [0, 0.1) is 20.8 Å². The molecular weight excluding hydrogens is 895 g/mol. The molecule has 8 rings (SSSR count). The predicted octanol–water partition coefficient (Wildman–Crippen LogP) is 14.8. The zero-order valence-corrected chi connectivity index (χ0v) is 37.5. The Labute approximate surface area is 394 Å². The molecule has 0 heterocycles. The first-order valence-electron chi connectivity index (χ1n) is 21.5. The van der Waals surface area contributed by atoms with Crippen molar-refractivity contribution in [1.82, 2.24) is 0 Å². The van der Waals surface area contributed by atoms with E-state index in [0.717, 1.165) is 70.8 Å². The first kappa shape index (κ1) is 47.2. The van der Waals surface area contributed by atoms with E-state index in [1.807, 2.05) is 74.5 Å². The molecule has 69 heavy (non-hydrogen) atoms. The maximum Gasteiger partial charge on any atom is 0.411 e. The van der Waals surface area contributed by atoms with Crippen molar-refractivity contribution < 1.29 is 45.3 Å². The third-order valence-electron chi connectivity index (χ3n) is 11.6. The van der Waals surface area contributed by atoms with Crippen molar-refractivity contribution in [3.63, 3.8) is 0 Å². The van der Waals surface area contributed by atoms with Crippen LogP contribution >= 0.6 is 0 Å². The minimum Gasteiger partial charge on any atom is -0.457 e. The number of nitrogen functional groups attached to an aromatic ring is 4. The standard InChI is InChI=1S/C55H46F6N4O4/c1-32-26-41(62)12-23-49(32)66-45-15-4-35(5-16-45)36-6-17-48(18-7-36)69-52-34(3)28-44(65)31-38(52)29-37-30-43(64)14-25-51(37)68-47-21-10-40(11-22-47)53(54(56,57)58,55(59,60)61)39-8-19-46(20-9-39)67-50-24-13-42(63)27-33(50)2/h4-28,30-31H,29,62-65H2,1-3H3. The minimum absolute atomic E-state index is 0.0231. The summed E-state index contributed by atoms with van der Waals surface area (Å²) in [4.78, 5) is 0. The number of hydrogen-bond donors (Lipinski definition) is 4. The van der Waals surface area contributed by atoms with E-state index in [4.69, 9.17) is 41.9 Å². The highest BCUT2D eigenvalue weighted by Gasteiger charge is 2.72. The maximum absolute atomic E-state index is 15.1. The molecule has 8 aromatic carbocycles. The van der Waals surface area contributed by atoms with Gasteiger partial charge in [-0.25, -0.2) is 0 Å². The largest absolute Gasteiger partial charge is 0.457 e. The third kappa shape index (κ3) is 10.1. The van der Waals surface area contributed by atoms with Gasteiger partial charge in [-0.15, -0.1) is 0 Å². The molecule has 8 N–H and O–H groups in total. The molecule has 0 radical (unpaired) electrons. The molecule has 0 bridgehead atoms. The zero-order chi connectivity index (χ0) is 49.3. The molecule has 0 aliphatic carbocycles. The molecule has 0 saturated carbocycles. The highest BCUT2D eigenvalue weighted by atomic mass is 19.4. The number of rotatable bonds is 13. The molecular formula is C55H46F6N4O4. The van der Waals surface area contributed by atoms with Gasteiger partial charge in [0, 0.05) is 40.3 Å². The first-order valence-corrected chi connectivity index (χ1v) is 21.5. The third-order valence-corrected chi connectivity index (χ3v) is 11.6. The first-order chi connectivity index (χ1) is 32.8. The van der Waals surface area contributed by atoms with Crippen molar-refractivity contribution in [3.8, 4) is 57.1 Å². The van der Waals surface area contributed by atoms with Crippen molar-refractivity contribution in [2.75, 3.05) is 22.9 Å². The lowest BCUT2D eigenvalue weighted by Gasteiger charge is -2.38. The van der Waals surface area contributed by atoms with Crippen molar-refractivity contribution in [2.45, 2.75) is 45.0 Å². The second-order valence-corrected chi connectivity index (χ2v) is 16.7. The average Bonchev–Trinajstić information content (AvgIpc) is 3.28. The van der Waals surface area contributed by atoms with E-state index < -0.39 is 28.9 Å². The Morgan fingerprint density at radius 3 is 1.13 bits per heavy atom. The second kappa shape index (κ2) is 18.8. The molecule has 0 fully saturated rings. The number of ether oxygens (including phenoxy) is 4. The summed E-state index contributed by atoms with van der Waals surface area (Å²) >= 11 is 0. The number of halogens is 6. The lowest BCUT2D eigenvalue weighted by atomic mass is 9.73. The average molecular weight is 941 g/mol. The van der Waals surface area contributed by atoms with E-state index in [9.17, 15) is 0 Å². The predicted molar refractivity (Wildman–Crippen MR) is 258 cm³/mol. The van der Waals surface area contributed by atoms with Gasteiger partial charge in [0.05, 0.1) is 0 Å². The molecule has 352 valence electrons. The van der Waals surface area contributed by atoms with Crippen LogP contribution in [0.25, 0.3) is 11.1 Å². The molecule has 0 aliphatic rings. The van der Waals surface area contributed by atoms with Crippen LogP contribution in [0.15, 0.2) is 164 Å². The van der Waals surface area contributed by atoms with E-state index >= 15 is 26.3 Å². The Kier molecular flexibility index (Phi) is 12.9. The second-order valence-electron chi connectivity index (χ2n) is 16.7. The zero-order valence-electron chi connectivity index (χ0n) is 37.5. The van der Waals surface area contributed by atoms with Gasteiger partial charge in [0.15, 0.2) is 0 Å². The minimum atomic E-state index is -5.81. The summed E-state index contributed by atoms with van der Waals surface area (Å²) in [5, 5.41) is 0. The molecule has 0 amide bonds. The fraction of sp³-hybridized carbons (Fsp3) is 0.127. The fourth-order valence-electron chi connectivity index (χ4n) is 8.23. The lowest BCUT2D eigenvalue weighted by Crippen LogP contribution is -2.54. The van der Waals surface area contributed by atoms with Crippen LogP contribution in [-0.2, 0) is 11.8 Å². The number of hydrogen-bond acceptors (Lipinski definition) is 8. The smallest absolute Gasteiger partial charge is 0.411 e. The fourth-order valence-corrected chi connectivity index (χ4v) is 8.23. The monoisotopic (exact) mass is 940 g/mol. The summed E-state index contributed by atoms with van der Waals surface area (Å²) in [6, 6.07) is 41.1. The molecule has 8 aromatic rings. The molecule has 0 saturated heterocycles. The summed E-state index contributed by atoms with van der Waals surface area (Å²) in [7, 11) is 0. The van der Waals surface area contributed by atoms with E-state index in [1.54, 1.807) is 61.5 Å². The summed E-state index contributed by atoms with van der Waals surface area (Å²) in [6.45, 7) is 5.49. The summed E-state index contributed by atoms with van der Waals surface area (Å²) in [5.41, 5.74) is 25.1. The number of anilines is 4. The topological polar surface area (TPSA) is 141 Å². The van der Waals surface area contributed by atoms with E-state index in [0.29, 0.717) is 68.2 Å². The Balaban J connectivity index is 1.02. The molecule has 8 nitrogen and oxygen atoms in total. The van der Waals surface area contributed by atoms with E-state index in [2.05, 4.69) is 0 Å². The van der Waals surface area contributed by atoms with Gasteiger partial charge in [0.25, 0.3) is 0 Å². The van der Waals surface area contributed by atoms with Crippen molar-refractivity contribution in [3.05, 3.63) is 203 Å². The van der Waals surface area contributed by atoms with Crippen LogP contribution in [0.1, 0.15) is 38.9 Å². The van der Waals surface area contributed by atoms with Crippen molar-refractivity contribution in [2.24, 2.45) is 0 Å². The van der Waals surface area contributed by atoms with Gasteiger partial charge in [0.1, 0.15) is 46.0 Å². The molecule has 0 aliphatic heterocycles. The molecule has 0 unspecified atom stereocenters. The number of benzene rings is 8. The van der Waals surface area contributed by atoms with E-state index in [1.165, 1.54) is 0 Å². The van der Waals surface area contributed by atoms with Crippen LogP contribution in [-0.4, -0.2) is 12.4 Å². The van der Waals surface area contributed by atoms with Crippen molar-refractivity contribution >= 4 is 22.7 Å². The molecule has 0 aromatic heterocycles. The SMILES string of the molecule is Cc1cc(N)ccc1Oc1ccc(-c2ccc(Oc3c(C)cc(N)cc3Cc3cc(N)ccc3Oc3ccc(C(c4ccc(Oc5ccc(N)cc5C)cc4)(C(F)(F)F)C(F)(F)F)cc3)cc2)cc1. The number of alkyl halides is 6. The summed E-state index contributed by atoms with van der Waals surface area (Å²) in [6.07, 6.45) is -11.5. The van der Waals surface area contributed by atoms with Crippen molar-refractivity contribution in [1.29, 1.82) is 0 Å². The van der Waals surface area contributed by atoms with Crippen LogP contribution < -0.4 is 41.9 Å². The van der Waals surface area contributed by atoms with Gasteiger partial charge in [-0.2, -0.15) is 26.3 Å².